The van der Waals surface area contributed by atoms with Gasteiger partial charge in [0.25, 0.3) is 0 Å². The molecule has 0 saturated heterocycles. The molecule has 1 atom stereocenters. The maximum absolute atomic E-state index is 5.26. The predicted octanol–water partition coefficient (Wildman–Crippen LogP) is 1.46. The smallest absolute Gasteiger partial charge is 0.0855 e. The number of hydrazine groups is 1. The van der Waals surface area contributed by atoms with E-state index >= 15 is 0 Å². The zero-order chi connectivity index (χ0) is 9.68. The average molecular weight is 239 g/mol. The molecule has 2 nitrogen and oxygen atoms in total. The second-order valence-electron chi connectivity index (χ2n) is 2.72. The first kappa shape index (κ1) is 10.3. The van der Waals surface area contributed by atoms with Crippen molar-refractivity contribution in [3.05, 3.63) is 34.3 Å². The van der Waals surface area contributed by atoms with Crippen LogP contribution in [0.5, 0.6) is 0 Å². The minimum atomic E-state index is -0.0961. The van der Waals surface area contributed by atoms with Crippen LogP contribution in [-0.4, -0.2) is 6.04 Å². The Bertz CT molecular complexity index is 300. The van der Waals surface area contributed by atoms with Crippen molar-refractivity contribution in [2.24, 2.45) is 5.84 Å². The molecule has 0 spiro atoms. The summed E-state index contributed by atoms with van der Waals surface area (Å²) in [5, 5.41) is 0. The summed E-state index contributed by atoms with van der Waals surface area (Å²) in [5.74, 6) is 7.83. The zero-order valence-electron chi connectivity index (χ0n) is 7.13. The van der Waals surface area contributed by atoms with Crippen LogP contribution < -0.4 is 11.3 Å². The SMILES string of the molecule is C#CC(Cc1ccc(Br)cc1)NN. The van der Waals surface area contributed by atoms with Crippen LogP contribution in [0.3, 0.4) is 0 Å². The minimum absolute atomic E-state index is 0.0961. The Morgan fingerprint density at radius 3 is 2.54 bits per heavy atom. The lowest BCUT2D eigenvalue weighted by Crippen LogP contribution is -2.35. The maximum Gasteiger partial charge on any atom is 0.0855 e. The summed E-state index contributed by atoms with van der Waals surface area (Å²) in [7, 11) is 0. The standard InChI is InChI=1S/C10H11BrN2/c1-2-10(13-12)7-8-3-5-9(11)6-4-8/h1,3-6,10,13H,7,12H2. The number of terminal acetylenes is 1. The van der Waals surface area contributed by atoms with E-state index in [1.54, 1.807) is 0 Å². The fourth-order valence-corrected chi connectivity index (χ4v) is 1.29. The van der Waals surface area contributed by atoms with Crippen molar-refractivity contribution in [1.82, 2.24) is 5.43 Å². The van der Waals surface area contributed by atoms with Crippen molar-refractivity contribution in [3.8, 4) is 12.3 Å². The van der Waals surface area contributed by atoms with Gasteiger partial charge in [-0.15, -0.1) is 6.42 Å². The molecule has 13 heavy (non-hydrogen) atoms. The highest BCUT2D eigenvalue weighted by Crippen LogP contribution is 2.11. The van der Waals surface area contributed by atoms with Gasteiger partial charge in [-0.2, -0.15) is 0 Å². The maximum atomic E-state index is 5.26. The molecule has 0 aliphatic rings. The van der Waals surface area contributed by atoms with E-state index in [2.05, 4.69) is 27.3 Å². The highest BCUT2D eigenvalue weighted by atomic mass is 79.9. The lowest BCUT2D eigenvalue weighted by molar-refractivity contribution is 0.634. The largest absolute Gasteiger partial charge is 0.270 e. The van der Waals surface area contributed by atoms with Gasteiger partial charge < -0.3 is 0 Å². The summed E-state index contributed by atoms with van der Waals surface area (Å²) in [6.07, 6.45) is 6.01. The van der Waals surface area contributed by atoms with E-state index in [0.29, 0.717) is 0 Å². The molecule has 0 fully saturated rings. The van der Waals surface area contributed by atoms with Crippen LogP contribution in [0.1, 0.15) is 5.56 Å². The fourth-order valence-electron chi connectivity index (χ4n) is 1.02. The van der Waals surface area contributed by atoms with Crippen molar-refractivity contribution in [2.45, 2.75) is 12.5 Å². The predicted molar refractivity (Wildman–Crippen MR) is 57.8 cm³/mol. The Hall–Kier alpha value is -0.820. The number of hydrogen-bond donors (Lipinski definition) is 2. The summed E-state index contributed by atoms with van der Waals surface area (Å²) in [6.45, 7) is 0. The number of hydrogen-bond acceptors (Lipinski definition) is 2. The molecule has 68 valence electrons. The van der Waals surface area contributed by atoms with E-state index in [0.717, 1.165) is 10.9 Å². The Morgan fingerprint density at radius 2 is 2.08 bits per heavy atom. The fraction of sp³-hybridized carbons (Fsp3) is 0.200. The van der Waals surface area contributed by atoms with Crippen LogP contribution >= 0.6 is 15.9 Å². The summed E-state index contributed by atoms with van der Waals surface area (Å²) in [4.78, 5) is 0. The molecule has 0 radical (unpaired) electrons. The van der Waals surface area contributed by atoms with Gasteiger partial charge in [0, 0.05) is 10.9 Å². The van der Waals surface area contributed by atoms with E-state index in [1.807, 2.05) is 24.3 Å². The first-order chi connectivity index (χ1) is 6.26. The summed E-state index contributed by atoms with van der Waals surface area (Å²) < 4.78 is 1.06. The summed E-state index contributed by atoms with van der Waals surface area (Å²) >= 11 is 3.37. The highest BCUT2D eigenvalue weighted by molar-refractivity contribution is 9.10. The lowest BCUT2D eigenvalue weighted by Gasteiger charge is -2.08. The first-order valence-electron chi connectivity index (χ1n) is 3.93. The van der Waals surface area contributed by atoms with Gasteiger partial charge in [-0.1, -0.05) is 34.0 Å². The molecular weight excluding hydrogens is 228 g/mol. The molecule has 1 aromatic rings. The molecule has 0 aromatic heterocycles. The number of nitrogens with two attached hydrogens (primary N) is 1. The topological polar surface area (TPSA) is 38.0 Å². The Balaban J connectivity index is 2.64. The molecule has 0 heterocycles. The molecule has 1 aromatic carbocycles. The Morgan fingerprint density at radius 1 is 1.46 bits per heavy atom. The third-order valence-electron chi connectivity index (χ3n) is 1.76. The van der Waals surface area contributed by atoms with Crippen LogP contribution in [0.4, 0.5) is 0 Å². The molecule has 0 bridgehead atoms. The van der Waals surface area contributed by atoms with Gasteiger partial charge in [-0.05, 0) is 17.7 Å². The number of nitrogens with one attached hydrogen (secondary N) is 1. The Labute approximate surface area is 86.6 Å². The zero-order valence-corrected chi connectivity index (χ0v) is 8.71. The lowest BCUT2D eigenvalue weighted by atomic mass is 10.1. The van der Waals surface area contributed by atoms with Gasteiger partial charge in [0.15, 0.2) is 0 Å². The van der Waals surface area contributed by atoms with Gasteiger partial charge in [0.2, 0.25) is 0 Å². The molecule has 0 aliphatic carbocycles. The molecule has 0 saturated carbocycles. The van der Waals surface area contributed by atoms with E-state index < -0.39 is 0 Å². The molecular formula is C10H11BrN2. The monoisotopic (exact) mass is 238 g/mol. The average Bonchev–Trinajstić information content (AvgIpc) is 2.17. The molecule has 1 rings (SSSR count). The van der Waals surface area contributed by atoms with Crippen molar-refractivity contribution in [3.63, 3.8) is 0 Å². The number of halogens is 1. The van der Waals surface area contributed by atoms with Crippen LogP contribution in [0.2, 0.25) is 0 Å². The van der Waals surface area contributed by atoms with E-state index in [9.17, 15) is 0 Å². The van der Waals surface area contributed by atoms with Crippen molar-refractivity contribution >= 4 is 15.9 Å². The molecule has 3 heteroatoms. The second kappa shape index (κ2) is 5.03. The van der Waals surface area contributed by atoms with Crippen molar-refractivity contribution < 1.29 is 0 Å². The molecule has 0 aliphatic heterocycles. The third-order valence-corrected chi connectivity index (χ3v) is 2.28. The van der Waals surface area contributed by atoms with E-state index in [-0.39, 0.29) is 6.04 Å². The highest BCUT2D eigenvalue weighted by Gasteiger charge is 2.02. The normalized spacial score (nSPS) is 12.1. The van der Waals surface area contributed by atoms with Gasteiger partial charge in [0.1, 0.15) is 0 Å². The second-order valence-corrected chi connectivity index (χ2v) is 3.63. The molecule has 0 amide bonds. The van der Waals surface area contributed by atoms with Gasteiger partial charge in [-0.25, -0.2) is 5.43 Å². The van der Waals surface area contributed by atoms with E-state index in [1.165, 1.54) is 5.56 Å². The van der Waals surface area contributed by atoms with Gasteiger partial charge >= 0.3 is 0 Å². The van der Waals surface area contributed by atoms with Crippen LogP contribution in [0.15, 0.2) is 28.7 Å². The van der Waals surface area contributed by atoms with Gasteiger partial charge in [0.05, 0.1) is 6.04 Å². The number of benzene rings is 1. The molecule has 1 unspecified atom stereocenters. The Kier molecular flexibility index (Phi) is 3.97. The van der Waals surface area contributed by atoms with Crippen LogP contribution in [-0.2, 0) is 6.42 Å². The minimum Gasteiger partial charge on any atom is -0.270 e. The number of rotatable bonds is 3. The molecule has 3 N–H and O–H groups in total. The summed E-state index contributed by atoms with van der Waals surface area (Å²) in [5.41, 5.74) is 3.74. The quantitative estimate of drug-likeness (QED) is 0.476. The van der Waals surface area contributed by atoms with Crippen molar-refractivity contribution in [1.29, 1.82) is 0 Å². The first-order valence-corrected chi connectivity index (χ1v) is 4.72. The van der Waals surface area contributed by atoms with Crippen LogP contribution in [0.25, 0.3) is 0 Å². The third kappa shape index (κ3) is 3.19. The van der Waals surface area contributed by atoms with Gasteiger partial charge in [-0.3, -0.25) is 5.84 Å². The van der Waals surface area contributed by atoms with Crippen molar-refractivity contribution in [2.75, 3.05) is 0 Å². The van der Waals surface area contributed by atoms with E-state index in [4.69, 9.17) is 12.3 Å². The summed E-state index contributed by atoms with van der Waals surface area (Å²) in [6, 6.07) is 7.91. The van der Waals surface area contributed by atoms with Crippen LogP contribution in [0, 0.1) is 12.3 Å².